The van der Waals surface area contributed by atoms with E-state index in [9.17, 15) is 4.79 Å². The third-order valence-corrected chi connectivity index (χ3v) is 5.64. The molecule has 0 radical (unpaired) electrons. The van der Waals surface area contributed by atoms with E-state index in [1.807, 2.05) is 11.0 Å². The van der Waals surface area contributed by atoms with Crippen molar-refractivity contribution in [1.82, 2.24) is 10.2 Å². The van der Waals surface area contributed by atoms with Crippen molar-refractivity contribution in [3.63, 3.8) is 0 Å². The number of anilines is 2. The van der Waals surface area contributed by atoms with Crippen LogP contribution in [-0.2, 0) is 0 Å². The van der Waals surface area contributed by atoms with E-state index in [2.05, 4.69) is 69.7 Å². The second kappa shape index (κ2) is 8.33. The first-order valence-electron chi connectivity index (χ1n) is 9.92. The molecule has 0 aliphatic carbocycles. The van der Waals surface area contributed by atoms with Crippen molar-refractivity contribution < 1.29 is 4.79 Å². The van der Waals surface area contributed by atoms with Crippen LogP contribution < -0.4 is 15.1 Å². The number of nitrogens with zero attached hydrogens (tertiary/aromatic N) is 3. The van der Waals surface area contributed by atoms with E-state index in [4.69, 9.17) is 0 Å². The van der Waals surface area contributed by atoms with Crippen LogP contribution in [0, 0.1) is 5.92 Å². The Hall–Kier alpha value is -2.69. The summed E-state index contributed by atoms with van der Waals surface area (Å²) in [6.45, 7) is 6.20. The molecule has 0 aromatic heterocycles. The van der Waals surface area contributed by atoms with Gasteiger partial charge >= 0.3 is 6.03 Å². The van der Waals surface area contributed by atoms with Gasteiger partial charge in [-0.2, -0.15) is 0 Å². The topological polar surface area (TPSA) is 38.8 Å². The van der Waals surface area contributed by atoms with E-state index in [0.717, 1.165) is 52.2 Å². The highest BCUT2D eigenvalue weighted by Crippen LogP contribution is 2.23. The minimum Gasteiger partial charge on any atom is -0.371 e. The Morgan fingerprint density at radius 3 is 2.04 bits per heavy atom. The van der Waals surface area contributed by atoms with Gasteiger partial charge in [0.1, 0.15) is 0 Å². The molecule has 1 N–H and O–H groups in total. The van der Waals surface area contributed by atoms with Gasteiger partial charge in [0.15, 0.2) is 0 Å². The molecule has 0 spiro atoms. The fourth-order valence-electron chi connectivity index (χ4n) is 4.02. The van der Waals surface area contributed by atoms with Crippen molar-refractivity contribution >= 4 is 17.4 Å². The summed E-state index contributed by atoms with van der Waals surface area (Å²) >= 11 is 0. The zero-order valence-electron chi connectivity index (χ0n) is 15.8. The van der Waals surface area contributed by atoms with Crippen LogP contribution in [0.3, 0.4) is 0 Å². The van der Waals surface area contributed by atoms with Crippen molar-refractivity contribution in [3.8, 4) is 0 Å². The molecule has 0 saturated carbocycles. The SMILES string of the molecule is O=C(NCC1CCN(c2ccccc2)C1)N1CCN(c2ccccc2)CC1. The van der Waals surface area contributed by atoms with Gasteiger partial charge < -0.3 is 20.0 Å². The molecule has 5 heteroatoms. The van der Waals surface area contributed by atoms with E-state index in [1.165, 1.54) is 11.4 Å². The summed E-state index contributed by atoms with van der Waals surface area (Å²) in [5, 5.41) is 3.16. The van der Waals surface area contributed by atoms with Gasteiger partial charge in [-0.1, -0.05) is 36.4 Å². The predicted octanol–water partition coefficient (Wildman–Crippen LogP) is 3.04. The Morgan fingerprint density at radius 1 is 0.815 bits per heavy atom. The Labute approximate surface area is 161 Å². The maximum absolute atomic E-state index is 12.5. The number of rotatable bonds is 4. The number of nitrogens with one attached hydrogen (secondary N) is 1. The third kappa shape index (κ3) is 4.35. The van der Waals surface area contributed by atoms with Crippen molar-refractivity contribution in [2.24, 2.45) is 5.92 Å². The molecule has 27 heavy (non-hydrogen) atoms. The normalized spacial score (nSPS) is 20.0. The summed E-state index contributed by atoms with van der Waals surface area (Å²) in [5.41, 5.74) is 2.52. The Morgan fingerprint density at radius 2 is 1.41 bits per heavy atom. The predicted molar refractivity (Wildman–Crippen MR) is 110 cm³/mol. The van der Waals surface area contributed by atoms with Crippen molar-refractivity contribution in [1.29, 1.82) is 0 Å². The highest BCUT2D eigenvalue weighted by molar-refractivity contribution is 5.74. The average molecular weight is 364 g/mol. The summed E-state index contributed by atoms with van der Waals surface area (Å²) < 4.78 is 0. The van der Waals surface area contributed by atoms with Gasteiger partial charge in [0.2, 0.25) is 0 Å². The first-order valence-corrected chi connectivity index (χ1v) is 9.92. The number of hydrogen-bond acceptors (Lipinski definition) is 3. The Balaban J connectivity index is 1.20. The highest BCUT2D eigenvalue weighted by atomic mass is 16.2. The number of carbonyl (C=O) groups is 1. The van der Waals surface area contributed by atoms with Crippen molar-refractivity contribution in [3.05, 3.63) is 60.7 Å². The molecule has 2 saturated heterocycles. The molecule has 2 fully saturated rings. The quantitative estimate of drug-likeness (QED) is 0.906. The van der Waals surface area contributed by atoms with E-state index < -0.39 is 0 Å². The fourth-order valence-corrected chi connectivity index (χ4v) is 4.02. The summed E-state index contributed by atoms with van der Waals surface area (Å²) in [4.78, 5) is 19.2. The summed E-state index contributed by atoms with van der Waals surface area (Å²) in [7, 11) is 0. The van der Waals surface area contributed by atoms with Crippen LogP contribution in [0.15, 0.2) is 60.7 Å². The number of carbonyl (C=O) groups excluding carboxylic acids is 1. The Bertz CT molecular complexity index is 728. The number of urea groups is 1. The highest BCUT2D eigenvalue weighted by Gasteiger charge is 2.25. The van der Waals surface area contributed by atoms with Crippen LogP contribution in [0.2, 0.25) is 0 Å². The van der Waals surface area contributed by atoms with Crippen LogP contribution >= 0.6 is 0 Å². The van der Waals surface area contributed by atoms with Gasteiger partial charge in [-0.15, -0.1) is 0 Å². The van der Waals surface area contributed by atoms with Crippen LogP contribution in [0.5, 0.6) is 0 Å². The van der Waals surface area contributed by atoms with Crippen molar-refractivity contribution in [2.45, 2.75) is 6.42 Å². The second-order valence-corrected chi connectivity index (χ2v) is 7.43. The monoisotopic (exact) mass is 364 g/mol. The molecular formula is C22H28N4O. The molecule has 0 bridgehead atoms. The number of amides is 2. The fraction of sp³-hybridized carbons (Fsp3) is 0.409. The average Bonchev–Trinajstić information content (AvgIpc) is 3.22. The number of para-hydroxylation sites is 2. The minimum absolute atomic E-state index is 0.0841. The summed E-state index contributed by atoms with van der Waals surface area (Å²) in [6, 6.07) is 21.1. The minimum atomic E-state index is 0.0841. The molecule has 2 amide bonds. The first-order chi connectivity index (χ1) is 13.3. The summed E-state index contributed by atoms with van der Waals surface area (Å²) in [5.74, 6) is 0.528. The lowest BCUT2D eigenvalue weighted by molar-refractivity contribution is 0.193. The number of hydrogen-bond donors (Lipinski definition) is 1. The molecule has 2 aliphatic heterocycles. The van der Waals surface area contributed by atoms with Gasteiger partial charge in [0.05, 0.1) is 0 Å². The molecular weight excluding hydrogens is 336 g/mol. The van der Waals surface area contributed by atoms with Gasteiger partial charge in [0, 0.05) is 57.2 Å². The zero-order chi connectivity index (χ0) is 18.5. The largest absolute Gasteiger partial charge is 0.371 e. The molecule has 2 aromatic rings. The van der Waals surface area contributed by atoms with E-state index in [1.54, 1.807) is 0 Å². The Kier molecular flexibility index (Phi) is 5.47. The second-order valence-electron chi connectivity index (χ2n) is 7.43. The van der Waals surface area contributed by atoms with Gasteiger partial charge in [-0.3, -0.25) is 0 Å². The van der Waals surface area contributed by atoms with E-state index >= 15 is 0 Å². The van der Waals surface area contributed by atoms with E-state index in [-0.39, 0.29) is 6.03 Å². The maximum Gasteiger partial charge on any atom is 0.317 e. The lowest BCUT2D eigenvalue weighted by Crippen LogP contribution is -2.52. The maximum atomic E-state index is 12.5. The van der Waals surface area contributed by atoms with Crippen LogP contribution in [0.25, 0.3) is 0 Å². The lowest BCUT2D eigenvalue weighted by Gasteiger charge is -2.36. The number of piperazine rings is 1. The van der Waals surface area contributed by atoms with Crippen molar-refractivity contribution in [2.75, 3.05) is 55.6 Å². The molecule has 1 unspecified atom stereocenters. The molecule has 142 valence electrons. The van der Waals surface area contributed by atoms with Gasteiger partial charge in [-0.05, 0) is 36.6 Å². The lowest BCUT2D eigenvalue weighted by atomic mass is 10.1. The number of benzene rings is 2. The molecule has 5 nitrogen and oxygen atoms in total. The standard InChI is InChI=1S/C22H28N4O/c27-22(25-15-13-24(14-16-25)20-7-3-1-4-8-20)23-17-19-11-12-26(18-19)21-9-5-2-6-10-21/h1-10,19H,11-18H2,(H,23,27). The zero-order valence-corrected chi connectivity index (χ0v) is 15.8. The van der Waals surface area contributed by atoms with Crippen LogP contribution in [-0.4, -0.2) is 56.7 Å². The van der Waals surface area contributed by atoms with E-state index in [0.29, 0.717) is 5.92 Å². The third-order valence-electron chi connectivity index (χ3n) is 5.64. The van der Waals surface area contributed by atoms with Gasteiger partial charge in [-0.25, -0.2) is 4.79 Å². The first kappa shape index (κ1) is 17.7. The molecule has 2 aromatic carbocycles. The molecule has 4 rings (SSSR count). The summed E-state index contributed by atoms with van der Waals surface area (Å²) in [6.07, 6.45) is 1.14. The molecule has 1 atom stereocenters. The molecule has 2 heterocycles. The smallest absolute Gasteiger partial charge is 0.317 e. The van der Waals surface area contributed by atoms with Gasteiger partial charge in [0.25, 0.3) is 0 Å². The molecule has 2 aliphatic rings. The van der Waals surface area contributed by atoms with Crippen LogP contribution in [0.4, 0.5) is 16.2 Å². The van der Waals surface area contributed by atoms with Crippen LogP contribution in [0.1, 0.15) is 6.42 Å².